The molecule has 0 radical (unpaired) electrons. The van der Waals surface area contributed by atoms with Crippen LogP contribution in [-0.4, -0.2) is 33.7 Å². The van der Waals surface area contributed by atoms with Crippen molar-refractivity contribution in [3.05, 3.63) is 41.0 Å². The lowest BCUT2D eigenvalue weighted by molar-refractivity contribution is 0.0500. The lowest BCUT2D eigenvalue weighted by atomic mass is 9.97. The van der Waals surface area contributed by atoms with Gasteiger partial charge in [0.25, 0.3) is 0 Å². The van der Waals surface area contributed by atoms with Crippen LogP contribution in [0.3, 0.4) is 0 Å². The summed E-state index contributed by atoms with van der Waals surface area (Å²) in [6, 6.07) is 4.24. The molecule has 2 heterocycles. The molecule has 3 N–H and O–H groups in total. The van der Waals surface area contributed by atoms with Crippen molar-refractivity contribution >= 4 is 23.4 Å². The minimum atomic E-state index is -0.662. The third-order valence-electron chi connectivity index (χ3n) is 5.00. The second-order valence-electron chi connectivity index (χ2n) is 9.43. The highest BCUT2D eigenvalue weighted by molar-refractivity contribution is 5.68. The molecular formula is C24H33FN6O2. The van der Waals surface area contributed by atoms with Gasteiger partial charge in [0.2, 0.25) is 0 Å². The number of hydrogen-bond donors (Lipinski definition) is 3. The molecule has 0 unspecified atom stereocenters. The van der Waals surface area contributed by atoms with Gasteiger partial charge < -0.3 is 20.7 Å². The van der Waals surface area contributed by atoms with Crippen LogP contribution in [0.25, 0.3) is 0 Å². The number of alkyl carbamates (subject to hydrolysis) is 1. The van der Waals surface area contributed by atoms with Gasteiger partial charge in [0.1, 0.15) is 11.7 Å². The molecule has 2 aromatic heterocycles. The molecule has 2 aromatic rings. The highest BCUT2D eigenvalue weighted by Gasteiger charge is 2.26. The van der Waals surface area contributed by atoms with Crippen molar-refractivity contribution in [2.24, 2.45) is 5.92 Å². The Labute approximate surface area is 195 Å². The minimum Gasteiger partial charge on any atom is -0.444 e. The summed E-state index contributed by atoms with van der Waals surface area (Å²) in [7, 11) is 0. The van der Waals surface area contributed by atoms with Gasteiger partial charge >= 0.3 is 6.09 Å². The molecule has 0 fully saturated rings. The zero-order valence-electron chi connectivity index (χ0n) is 20.5. The third kappa shape index (κ3) is 7.31. The Bertz CT molecular complexity index is 1040. The van der Waals surface area contributed by atoms with E-state index in [9.17, 15) is 14.4 Å². The smallest absolute Gasteiger partial charge is 0.407 e. The molecule has 8 nitrogen and oxygen atoms in total. The van der Waals surface area contributed by atoms with E-state index in [1.54, 1.807) is 27.0 Å². The predicted molar refractivity (Wildman–Crippen MR) is 127 cm³/mol. The molecule has 2 rings (SSSR count). The largest absolute Gasteiger partial charge is 0.444 e. The number of nitrogens with one attached hydrogen (secondary N) is 3. The quantitative estimate of drug-likeness (QED) is 0.525. The maximum Gasteiger partial charge on any atom is 0.407 e. The van der Waals surface area contributed by atoms with Crippen LogP contribution >= 0.6 is 0 Å². The number of amides is 1. The van der Waals surface area contributed by atoms with E-state index in [1.807, 2.05) is 46.8 Å². The Hall–Kier alpha value is -3.41. The molecule has 178 valence electrons. The summed E-state index contributed by atoms with van der Waals surface area (Å²) in [5, 5.41) is 18.4. The van der Waals surface area contributed by atoms with Crippen LogP contribution in [0.1, 0.15) is 58.4 Å². The molecule has 0 aromatic carbocycles. The van der Waals surface area contributed by atoms with E-state index in [4.69, 9.17) is 4.74 Å². The van der Waals surface area contributed by atoms with Gasteiger partial charge in [-0.2, -0.15) is 5.26 Å². The molecule has 33 heavy (non-hydrogen) atoms. The predicted octanol–water partition coefficient (Wildman–Crippen LogP) is 5.20. The highest BCUT2D eigenvalue weighted by atomic mass is 19.1. The van der Waals surface area contributed by atoms with Gasteiger partial charge in [-0.05, 0) is 65.2 Å². The molecule has 2 atom stereocenters. The second-order valence-corrected chi connectivity index (χ2v) is 9.43. The van der Waals surface area contributed by atoms with Gasteiger partial charge in [-0.1, -0.05) is 13.8 Å². The van der Waals surface area contributed by atoms with Crippen molar-refractivity contribution in [3.8, 4) is 6.07 Å². The molecule has 0 aliphatic rings. The summed E-state index contributed by atoms with van der Waals surface area (Å²) in [6.45, 7) is 14.9. The number of carbonyl (C=O) groups is 1. The summed E-state index contributed by atoms with van der Waals surface area (Å²) in [6.07, 6.45) is 1.08. The molecule has 0 aliphatic heterocycles. The normalized spacial score (nSPS) is 13.1. The monoisotopic (exact) mass is 456 g/mol. The van der Waals surface area contributed by atoms with Crippen molar-refractivity contribution < 1.29 is 13.9 Å². The van der Waals surface area contributed by atoms with Crippen LogP contribution in [-0.2, 0) is 4.74 Å². The van der Waals surface area contributed by atoms with E-state index >= 15 is 0 Å². The van der Waals surface area contributed by atoms with Gasteiger partial charge in [-0.3, -0.25) is 4.98 Å². The van der Waals surface area contributed by atoms with E-state index in [1.165, 1.54) is 0 Å². The third-order valence-corrected chi connectivity index (χ3v) is 5.00. The lowest BCUT2D eigenvalue weighted by Gasteiger charge is -2.31. The number of ether oxygens (including phenoxy) is 1. The van der Waals surface area contributed by atoms with E-state index < -0.39 is 23.6 Å². The van der Waals surface area contributed by atoms with Gasteiger partial charge in [0.05, 0.1) is 17.4 Å². The Kier molecular flexibility index (Phi) is 8.20. The van der Waals surface area contributed by atoms with Crippen molar-refractivity contribution in [2.45, 2.75) is 73.1 Å². The second kappa shape index (κ2) is 10.5. The molecule has 1 amide bonds. The van der Waals surface area contributed by atoms with Crippen LogP contribution in [0.15, 0.2) is 18.3 Å². The van der Waals surface area contributed by atoms with Gasteiger partial charge in [-0.15, -0.1) is 0 Å². The number of carbonyl (C=O) groups excluding carboxylic acids is 1. The van der Waals surface area contributed by atoms with Gasteiger partial charge in [-0.25, -0.2) is 14.2 Å². The molecular weight excluding hydrogens is 423 g/mol. The maximum atomic E-state index is 14.8. The maximum absolute atomic E-state index is 14.8. The lowest BCUT2D eigenvalue weighted by Crippen LogP contribution is -2.49. The molecule has 0 bridgehead atoms. The number of pyridine rings is 2. The van der Waals surface area contributed by atoms with E-state index in [0.29, 0.717) is 5.69 Å². The SMILES string of the molecule is Cc1cc(Nc2nc(N[C@H](C(C)C)[C@H](C)NC(=O)OC(C)(C)C)c(F)cc2C#N)cnc1C. The summed E-state index contributed by atoms with van der Waals surface area (Å²) < 4.78 is 20.1. The van der Waals surface area contributed by atoms with Crippen molar-refractivity contribution in [1.82, 2.24) is 15.3 Å². The number of nitriles is 1. The molecule has 0 saturated heterocycles. The first-order valence-corrected chi connectivity index (χ1v) is 10.9. The standard InChI is InChI=1S/C24H33FN6O2/c1-13(2)20(16(5)28-23(32)33-24(6,7)8)30-22-19(25)10-17(11-26)21(31-22)29-18-9-14(3)15(4)27-12-18/h9-10,12-13,16,20H,1-8H3,(H,28,32)(H2,29,30,31)/t16-,20+/m0/s1. The van der Waals surface area contributed by atoms with Crippen LogP contribution < -0.4 is 16.0 Å². The summed E-state index contributed by atoms with van der Waals surface area (Å²) in [5.41, 5.74) is 1.94. The topological polar surface area (TPSA) is 112 Å². The van der Waals surface area contributed by atoms with Crippen LogP contribution in [0.5, 0.6) is 0 Å². The summed E-state index contributed by atoms with van der Waals surface area (Å²) in [5.74, 6) is -0.455. The van der Waals surface area contributed by atoms with Gasteiger partial charge in [0, 0.05) is 17.8 Å². The molecule has 0 saturated carbocycles. The number of halogens is 1. The van der Waals surface area contributed by atoms with Crippen molar-refractivity contribution in [3.63, 3.8) is 0 Å². The number of aryl methyl sites for hydroxylation is 2. The first-order chi connectivity index (χ1) is 15.3. The Morgan fingerprint density at radius 1 is 1.18 bits per heavy atom. The number of anilines is 3. The highest BCUT2D eigenvalue weighted by Crippen LogP contribution is 2.25. The number of aromatic nitrogens is 2. The average Bonchev–Trinajstić information content (AvgIpc) is 2.68. The zero-order chi connectivity index (χ0) is 24.9. The van der Waals surface area contributed by atoms with Gasteiger partial charge in [0.15, 0.2) is 17.5 Å². The zero-order valence-corrected chi connectivity index (χ0v) is 20.5. The number of nitrogens with zero attached hydrogens (tertiary/aromatic N) is 3. The average molecular weight is 457 g/mol. The fourth-order valence-electron chi connectivity index (χ4n) is 3.23. The van der Waals surface area contributed by atoms with Crippen LogP contribution in [0.2, 0.25) is 0 Å². The Balaban J connectivity index is 2.29. The molecule has 0 aliphatic carbocycles. The van der Waals surface area contributed by atoms with E-state index in [0.717, 1.165) is 17.3 Å². The van der Waals surface area contributed by atoms with Crippen LogP contribution in [0, 0.1) is 36.9 Å². The van der Waals surface area contributed by atoms with Crippen molar-refractivity contribution in [1.29, 1.82) is 5.26 Å². The minimum absolute atomic E-state index is 0.0205. The van der Waals surface area contributed by atoms with E-state index in [-0.39, 0.29) is 29.2 Å². The first kappa shape index (κ1) is 25.8. The summed E-state index contributed by atoms with van der Waals surface area (Å²) >= 11 is 0. The fraction of sp³-hybridized carbons (Fsp3) is 0.500. The molecule has 0 spiro atoms. The Morgan fingerprint density at radius 2 is 1.85 bits per heavy atom. The van der Waals surface area contributed by atoms with E-state index in [2.05, 4.69) is 25.9 Å². The fourth-order valence-corrected chi connectivity index (χ4v) is 3.23. The summed E-state index contributed by atoms with van der Waals surface area (Å²) in [4.78, 5) is 20.9. The van der Waals surface area contributed by atoms with Crippen molar-refractivity contribution in [2.75, 3.05) is 10.6 Å². The Morgan fingerprint density at radius 3 is 2.39 bits per heavy atom. The number of rotatable bonds is 7. The molecule has 9 heteroatoms. The van der Waals surface area contributed by atoms with Crippen LogP contribution in [0.4, 0.5) is 26.5 Å². The number of hydrogen-bond acceptors (Lipinski definition) is 7. The first-order valence-electron chi connectivity index (χ1n) is 10.9.